The van der Waals surface area contributed by atoms with Gasteiger partial charge in [0.2, 0.25) is 0 Å². The van der Waals surface area contributed by atoms with Crippen LogP contribution in [0.25, 0.3) is 11.3 Å². The van der Waals surface area contributed by atoms with Gasteiger partial charge in [0.25, 0.3) is 0 Å². The number of hydrogen-bond acceptors (Lipinski definition) is 1. The monoisotopic (exact) mass is 327 g/mol. The van der Waals surface area contributed by atoms with Crippen molar-refractivity contribution in [2.45, 2.75) is 80.1 Å². The van der Waals surface area contributed by atoms with Gasteiger partial charge in [-0.1, -0.05) is 99.6 Å². The fraction of sp³-hybridized carbons (Fsp3) is 0.522. The van der Waals surface area contributed by atoms with Gasteiger partial charge in [-0.05, 0) is 28.0 Å². The van der Waals surface area contributed by atoms with E-state index in [0.717, 1.165) is 5.69 Å². The summed E-state index contributed by atoms with van der Waals surface area (Å²) in [5.74, 6) is 0. The van der Waals surface area contributed by atoms with Gasteiger partial charge in [-0.25, -0.2) is 0 Å². The van der Waals surface area contributed by atoms with Crippen LogP contribution >= 0.6 is 0 Å². The fourth-order valence-corrected chi connectivity index (χ4v) is 2.15. The summed E-state index contributed by atoms with van der Waals surface area (Å²) in [7, 11) is 0. The minimum absolute atomic E-state index is 0.154. The smallest absolute Gasteiger partial charge is 0.0702 e. The molecule has 0 atom stereocenters. The molecule has 0 aliphatic heterocycles. The lowest BCUT2D eigenvalue weighted by Gasteiger charge is -2.20. The molecule has 1 heteroatoms. The van der Waals surface area contributed by atoms with E-state index in [2.05, 4.69) is 82.9 Å². The molecule has 0 amide bonds. The standard InChI is InChI=1S/C19H25N.2C2H6/c1-18(2,3)15-9-7-14(8-10-15)17-12-11-16(13-20-17)19(4,5)6;2*1-2/h7-13H,1-6H3;2*1-2H3. The van der Waals surface area contributed by atoms with Crippen LogP contribution in [-0.2, 0) is 10.8 Å². The van der Waals surface area contributed by atoms with Crippen molar-refractivity contribution in [2.75, 3.05) is 0 Å². The SMILES string of the molecule is CC.CC.CC(C)(C)c1ccc(-c2ccc(C(C)(C)C)cn2)cc1. The van der Waals surface area contributed by atoms with Crippen molar-refractivity contribution in [3.63, 3.8) is 0 Å². The van der Waals surface area contributed by atoms with Gasteiger partial charge in [0.15, 0.2) is 0 Å². The molecule has 0 saturated heterocycles. The summed E-state index contributed by atoms with van der Waals surface area (Å²) in [6.07, 6.45) is 1.99. The summed E-state index contributed by atoms with van der Waals surface area (Å²) < 4.78 is 0. The van der Waals surface area contributed by atoms with Crippen molar-refractivity contribution in [3.05, 3.63) is 53.7 Å². The maximum atomic E-state index is 4.61. The maximum Gasteiger partial charge on any atom is 0.0702 e. The Morgan fingerprint density at radius 1 is 0.583 bits per heavy atom. The van der Waals surface area contributed by atoms with Gasteiger partial charge in [0.05, 0.1) is 5.69 Å². The van der Waals surface area contributed by atoms with Crippen LogP contribution in [0, 0.1) is 0 Å². The topological polar surface area (TPSA) is 12.9 Å². The Kier molecular flexibility index (Phi) is 8.96. The first-order valence-corrected chi connectivity index (χ1v) is 9.25. The number of pyridine rings is 1. The lowest BCUT2D eigenvalue weighted by atomic mass is 9.86. The molecule has 24 heavy (non-hydrogen) atoms. The second kappa shape index (κ2) is 9.61. The molecule has 1 nitrogen and oxygen atoms in total. The van der Waals surface area contributed by atoms with E-state index in [1.54, 1.807) is 0 Å². The molecule has 1 aromatic carbocycles. The van der Waals surface area contributed by atoms with E-state index >= 15 is 0 Å². The van der Waals surface area contributed by atoms with E-state index < -0.39 is 0 Å². The molecular weight excluding hydrogens is 290 g/mol. The lowest BCUT2D eigenvalue weighted by Crippen LogP contribution is -2.11. The summed E-state index contributed by atoms with van der Waals surface area (Å²) in [4.78, 5) is 4.61. The Balaban J connectivity index is 0.00000123. The fourth-order valence-electron chi connectivity index (χ4n) is 2.15. The molecule has 0 radical (unpaired) electrons. The van der Waals surface area contributed by atoms with Crippen molar-refractivity contribution in [1.82, 2.24) is 4.98 Å². The van der Waals surface area contributed by atoms with Gasteiger partial charge in [-0.3, -0.25) is 4.98 Å². The highest BCUT2D eigenvalue weighted by Gasteiger charge is 2.15. The number of nitrogens with zero attached hydrogens (tertiary/aromatic N) is 1. The van der Waals surface area contributed by atoms with Crippen LogP contribution in [0.5, 0.6) is 0 Å². The van der Waals surface area contributed by atoms with Crippen molar-refractivity contribution in [2.24, 2.45) is 0 Å². The van der Waals surface area contributed by atoms with Crippen LogP contribution in [0.1, 0.15) is 80.4 Å². The molecule has 2 rings (SSSR count). The van der Waals surface area contributed by atoms with Gasteiger partial charge >= 0.3 is 0 Å². The highest BCUT2D eigenvalue weighted by Crippen LogP contribution is 2.27. The van der Waals surface area contributed by atoms with Gasteiger partial charge in [0.1, 0.15) is 0 Å². The zero-order valence-corrected chi connectivity index (χ0v) is 17.5. The zero-order chi connectivity index (χ0) is 19.0. The first-order chi connectivity index (χ1) is 11.2. The minimum Gasteiger partial charge on any atom is -0.256 e. The lowest BCUT2D eigenvalue weighted by molar-refractivity contribution is 0.587. The van der Waals surface area contributed by atoms with E-state index in [1.165, 1.54) is 16.7 Å². The summed E-state index contributed by atoms with van der Waals surface area (Å²) in [6, 6.07) is 13.0. The Labute approximate surface area is 150 Å². The Bertz CT molecular complexity index is 508. The van der Waals surface area contributed by atoms with Gasteiger partial charge in [-0.15, -0.1) is 0 Å². The van der Waals surface area contributed by atoms with Gasteiger partial charge in [0, 0.05) is 11.8 Å². The Morgan fingerprint density at radius 3 is 1.33 bits per heavy atom. The molecule has 0 bridgehead atoms. The average molecular weight is 328 g/mol. The third-order valence-electron chi connectivity index (χ3n) is 3.68. The molecule has 0 aliphatic carbocycles. The van der Waals surface area contributed by atoms with E-state index in [4.69, 9.17) is 0 Å². The molecule has 0 aliphatic rings. The van der Waals surface area contributed by atoms with Crippen LogP contribution in [0.3, 0.4) is 0 Å². The summed E-state index contributed by atoms with van der Waals surface area (Å²) >= 11 is 0. The molecule has 0 N–H and O–H groups in total. The number of rotatable bonds is 1. The third-order valence-corrected chi connectivity index (χ3v) is 3.68. The molecular formula is C23H37N. The van der Waals surface area contributed by atoms with Crippen LogP contribution < -0.4 is 0 Å². The average Bonchev–Trinajstić information content (AvgIpc) is 2.57. The van der Waals surface area contributed by atoms with Gasteiger partial charge < -0.3 is 0 Å². The van der Waals surface area contributed by atoms with E-state index in [1.807, 2.05) is 33.9 Å². The molecule has 0 spiro atoms. The predicted octanol–water partition coefficient (Wildman–Crippen LogP) is 7.40. The molecule has 2 aromatic rings. The summed E-state index contributed by atoms with van der Waals surface area (Å²) in [5, 5.41) is 0. The minimum atomic E-state index is 0.154. The third kappa shape index (κ3) is 6.47. The first kappa shape index (κ1) is 22.4. The second-order valence-corrected chi connectivity index (χ2v) is 7.51. The highest BCUT2D eigenvalue weighted by atomic mass is 14.7. The Hall–Kier alpha value is -1.63. The van der Waals surface area contributed by atoms with Crippen molar-refractivity contribution >= 4 is 0 Å². The molecule has 134 valence electrons. The van der Waals surface area contributed by atoms with Crippen molar-refractivity contribution < 1.29 is 0 Å². The number of aromatic nitrogens is 1. The van der Waals surface area contributed by atoms with Gasteiger partial charge in [-0.2, -0.15) is 0 Å². The van der Waals surface area contributed by atoms with E-state index in [0.29, 0.717) is 0 Å². The van der Waals surface area contributed by atoms with E-state index in [9.17, 15) is 0 Å². The van der Waals surface area contributed by atoms with Crippen molar-refractivity contribution in [3.8, 4) is 11.3 Å². The highest BCUT2D eigenvalue weighted by molar-refractivity contribution is 5.59. The van der Waals surface area contributed by atoms with Crippen LogP contribution in [0.4, 0.5) is 0 Å². The van der Waals surface area contributed by atoms with Crippen LogP contribution in [-0.4, -0.2) is 4.98 Å². The van der Waals surface area contributed by atoms with Crippen LogP contribution in [0.2, 0.25) is 0 Å². The largest absolute Gasteiger partial charge is 0.256 e. The predicted molar refractivity (Wildman–Crippen MR) is 110 cm³/mol. The van der Waals surface area contributed by atoms with Crippen molar-refractivity contribution in [1.29, 1.82) is 0 Å². The number of hydrogen-bond donors (Lipinski definition) is 0. The quantitative estimate of drug-likeness (QED) is 0.532. The Morgan fingerprint density at radius 2 is 1.00 bits per heavy atom. The van der Waals surface area contributed by atoms with Crippen LogP contribution in [0.15, 0.2) is 42.6 Å². The second-order valence-electron chi connectivity index (χ2n) is 7.51. The first-order valence-electron chi connectivity index (χ1n) is 9.25. The maximum absolute atomic E-state index is 4.61. The normalized spacial score (nSPS) is 10.9. The van der Waals surface area contributed by atoms with E-state index in [-0.39, 0.29) is 10.8 Å². The summed E-state index contributed by atoms with van der Waals surface area (Å²) in [5.41, 5.74) is 5.20. The molecule has 0 fully saturated rings. The summed E-state index contributed by atoms with van der Waals surface area (Å²) in [6.45, 7) is 21.3. The number of benzene rings is 1. The molecule has 0 unspecified atom stereocenters. The zero-order valence-electron chi connectivity index (χ0n) is 17.5. The molecule has 1 aromatic heterocycles. The molecule has 0 saturated carbocycles. The molecule has 1 heterocycles.